The molecule has 0 aliphatic heterocycles. The third kappa shape index (κ3) is 3.79. The molecule has 2 aromatic carbocycles. The van der Waals surface area contributed by atoms with E-state index in [9.17, 15) is 21.6 Å². The SMILES string of the molecule is Nc1cc(NS(=O)(=O)c2ccccc2)c(C2CC2)c(N)c1OC(F)(F)F. The average Bonchev–Trinajstić information content (AvgIpc) is 3.36. The number of nitrogens with two attached hydrogens (primary N) is 2. The Labute approximate surface area is 148 Å². The first kappa shape index (κ1) is 18.2. The number of benzene rings is 2. The number of rotatable bonds is 5. The van der Waals surface area contributed by atoms with Crippen molar-refractivity contribution in [2.45, 2.75) is 30.0 Å². The Morgan fingerprint density at radius 3 is 2.27 bits per heavy atom. The van der Waals surface area contributed by atoms with Gasteiger partial charge in [0.2, 0.25) is 0 Å². The van der Waals surface area contributed by atoms with Crippen molar-refractivity contribution in [3.8, 4) is 5.75 Å². The zero-order valence-corrected chi connectivity index (χ0v) is 14.2. The fourth-order valence-corrected chi connectivity index (χ4v) is 3.74. The van der Waals surface area contributed by atoms with Crippen molar-refractivity contribution in [1.29, 1.82) is 0 Å². The number of hydrogen-bond acceptors (Lipinski definition) is 5. The molecule has 6 nitrogen and oxygen atoms in total. The Balaban J connectivity index is 2.05. The smallest absolute Gasteiger partial charge is 0.401 e. The number of sulfonamides is 1. The van der Waals surface area contributed by atoms with E-state index in [0.29, 0.717) is 12.8 Å². The standard InChI is InChI=1S/C16H16F3N3O3S/c17-16(18,19)25-15-11(20)8-12(13(14(15)21)9-6-7-9)22-26(23,24)10-4-2-1-3-5-10/h1-5,8-9,22H,6-7,20-21H2. The van der Waals surface area contributed by atoms with Crippen LogP contribution in [0.15, 0.2) is 41.3 Å². The van der Waals surface area contributed by atoms with Crippen LogP contribution in [-0.4, -0.2) is 14.8 Å². The molecule has 26 heavy (non-hydrogen) atoms. The minimum Gasteiger partial charge on any atom is -0.401 e. The van der Waals surface area contributed by atoms with Crippen LogP contribution in [0.2, 0.25) is 0 Å². The van der Waals surface area contributed by atoms with E-state index in [1.165, 1.54) is 12.1 Å². The van der Waals surface area contributed by atoms with Gasteiger partial charge in [-0.25, -0.2) is 8.42 Å². The van der Waals surface area contributed by atoms with Gasteiger partial charge in [0.15, 0.2) is 5.75 Å². The van der Waals surface area contributed by atoms with E-state index in [2.05, 4.69) is 9.46 Å². The molecule has 1 aliphatic rings. The van der Waals surface area contributed by atoms with Crippen LogP contribution < -0.4 is 20.9 Å². The summed E-state index contributed by atoms with van der Waals surface area (Å²) in [5, 5.41) is 0. The summed E-state index contributed by atoms with van der Waals surface area (Å²) in [6, 6.07) is 8.66. The number of halogens is 3. The third-order valence-electron chi connectivity index (χ3n) is 3.89. The summed E-state index contributed by atoms with van der Waals surface area (Å²) in [4.78, 5) is 0.00880. The van der Waals surface area contributed by atoms with Gasteiger partial charge in [0, 0.05) is 5.56 Å². The molecule has 1 saturated carbocycles. The Kier molecular flexibility index (Phi) is 4.39. The van der Waals surface area contributed by atoms with Gasteiger partial charge in [-0.1, -0.05) is 18.2 Å². The van der Waals surface area contributed by atoms with E-state index in [4.69, 9.17) is 11.5 Å². The molecule has 140 valence electrons. The van der Waals surface area contributed by atoms with E-state index in [1.54, 1.807) is 18.2 Å². The van der Waals surface area contributed by atoms with E-state index < -0.39 is 27.8 Å². The maximum Gasteiger partial charge on any atom is 0.573 e. The molecule has 0 amide bonds. The Morgan fingerprint density at radius 1 is 1.12 bits per heavy atom. The molecule has 0 unspecified atom stereocenters. The molecular weight excluding hydrogens is 371 g/mol. The second-order valence-electron chi connectivity index (χ2n) is 5.91. The van der Waals surface area contributed by atoms with Gasteiger partial charge in [-0.3, -0.25) is 4.72 Å². The van der Waals surface area contributed by atoms with E-state index in [0.717, 1.165) is 6.07 Å². The summed E-state index contributed by atoms with van der Waals surface area (Å²) in [6.07, 6.45) is -3.60. The van der Waals surface area contributed by atoms with Crippen molar-refractivity contribution in [2.24, 2.45) is 0 Å². The molecule has 0 bridgehead atoms. The van der Waals surface area contributed by atoms with Crippen molar-refractivity contribution >= 4 is 27.1 Å². The highest BCUT2D eigenvalue weighted by molar-refractivity contribution is 7.92. The van der Waals surface area contributed by atoms with Crippen LogP contribution in [0.25, 0.3) is 0 Å². The van der Waals surface area contributed by atoms with Crippen LogP contribution >= 0.6 is 0 Å². The fraction of sp³-hybridized carbons (Fsp3) is 0.250. The lowest BCUT2D eigenvalue weighted by molar-refractivity contribution is -0.274. The molecular formula is C16H16F3N3O3S. The Hall–Kier alpha value is -2.62. The van der Waals surface area contributed by atoms with Gasteiger partial charge in [-0.15, -0.1) is 13.2 Å². The van der Waals surface area contributed by atoms with Crippen LogP contribution in [0.4, 0.5) is 30.2 Å². The van der Waals surface area contributed by atoms with Crippen molar-refractivity contribution in [3.63, 3.8) is 0 Å². The summed E-state index contributed by atoms with van der Waals surface area (Å²) >= 11 is 0. The molecule has 0 atom stereocenters. The molecule has 2 aromatic rings. The first-order valence-electron chi connectivity index (χ1n) is 7.64. The Morgan fingerprint density at radius 2 is 1.73 bits per heavy atom. The lowest BCUT2D eigenvalue weighted by Crippen LogP contribution is -2.20. The maximum absolute atomic E-state index is 12.6. The first-order chi connectivity index (χ1) is 12.1. The van der Waals surface area contributed by atoms with Gasteiger partial charge >= 0.3 is 6.36 Å². The van der Waals surface area contributed by atoms with Gasteiger partial charge in [0.05, 0.1) is 22.0 Å². The highest BCUT2D eigenvalue weighted by Gasteiger charge is 2.37. The average molecular weight is 387 g/mol. The zero-order valence-electron chi connectivity index (χ0n) is 13.4. The van der Waals surface area contributed by atoms with Crippen LogP contribution in [0.3, 0.4) is 0 Å². The highest BCUT2D eigenvalue weighted by atomic mass is 32.2. The summed E-state index contributed by atoms with van der Waals surface area (Å²) in [5.74, 6) is -0.860. The van der Waals surface area contributed by atoms with Crippen molar-refractivity contribution in [3.05, 3.63) is 42.0 Å². The second-order valence-corrected chi connectivity index (χ2v) is 7.59. The molecule has 10 heteroatoms. The van der Waals surface area contributed by atoms with Gasteiger partial charge in [0.1, 0.15) is 0 Å². The lowest BCUT2D eigenvalue weighted by atomic mass is 10.0. The fourth-order valence-electron chi connectivity index (χ4n) is 2.65. The minimum atomic E-state index is -4.96. The zero-order chi connectivity index (χ0) is 19.1. The molecule has 0 saturated heterocycles. The van der Waals surface area contributed by atoms with Gasteiger partial charge in [-0.2, -0.15) is 0 Å². The molecule has 0 radical (unpaired) electrons. The van der Waals surface area contributed by atoms with Crippen molar-refractivity contribution in [2.75, 3.05) is 16.2 Å². The summed E-state index contributed by atoms with van der Waals surface area (Å²) in [5.41, 5.74) is 11.1. The van der Waals surface area contributed by atoms with Crippen LogP contribution in [0.5, 0.6) is 5.75 Å². The topological polar surface area (TPSA) is 107 Å². The molecule has 3 rings (SSSR count). The first-order valence-corrected chi connectivity index (χ1v) is 9.12. The molecule has 0 spiro atoms. The number of nitrogens with one attached hydrogen (secondary N) is 1. The normalized spacial score (nSPS) is 14.9. The number of anilines is 3. The van der Waals surface area contributed by atoms with Gasteiger partial charge in [0.25, 0.3) is 10.0 Å². The predicted octanol–water partition coefficient (Wildman–Crippen LogP) is 3.43. The van der Waals surface area contributed by atoms with Gasteiger partial charge in [-0.05, 0) is 37.0 Å². The summed E-state index contributed by atoms with van der Waals surface area (Å²) < 4.78 is 69.1. The van der Waals surface area contributed by atoms with Crippen LogP contribution in [0.1, 0.15) is 24.3 Å². The molecule has 0 heterocycles. The highest BCUT2D eigenvalue weighted by Crippen LogP contribution is 2.51. The Bertz CT molecular complexity index is 927. The largest absolute Gasteiger partial charge is 0.573 e. The minimum absolute atomic E-state index is 0.00880. The van der Waals surface area contributed by atoms with Gasteiger partial charge < -0.3 is 16.2 Å². The monoisotopic (exact) mass is 387 g/mol. The number of ether oxygens (including phenoxy) is 1. The predicted molar refractivity (Wildman–Crippen MR) is 91.2 cm³/mol. The van der Waals surface area contributed by atoms with Crippen LogP contribution in [0, 0.1) is 0 Å². The number of nitrogen functional groups attached to an aromatic ring is 2. The number of hydrogen-bond donors (Lipinski definition) is 3. The molecule has 1 aliphatic carbocycles. The van der Waals surface area contributed by atoms with Crippen molar-refractivity contribution in [1.82, 2.24) is 0 Å². The quantitative estimate of drug-likeness (QED) is 0.682. The maximum atomic E-state index is 12.6. The van der Waals surface area contributed by atoms with E-state index >= 15 is 0 Å². The molecule has 5 N–H and O–H groups in total. The molecule has 0 aromatic heterocycles. The third-order valence-corrected chi connectivity index (χ3v) is 5.27. The van der Waals surface area contributed by atoms with E-state index in [1.807, 2.05) is 0 Å². The van der Waals surface area contributed by atoms with Crippen molar-refractivity contribution < 1.29 is 26.3 Å². The van der Waals surface area contributed by atoms with Crippen LogP contribution in [-0.2, 0) is 10.0 Å². The molecule has 1 fully saturated rings. The summed E-state index contributed by atoms with van der Waals surface area (Å²) in [6.45, 7) is 0. The lowest BCUT2D eigenvalue weighted by Gasteiger charge is -2.20. The summed E-state index contributed by atoms with van der Waals surface area (Å²) in [7, 11) is -3.95. The number of alkyl halides is 3. The van der Waals surface area contributed by atoms with E-state index in [-0.39, 0.29) is 27.8 Å². The second kappa shape index (κ2) is 6.27.